The molecule has 2 aromatic heterocycles. The van der Waals surface area contributed by atoms with E-state index in [1.165, 1.54) is 147 Å². The van der Waals surface area contributed by atoms with Crippen LogP contribution in [0.5, 0.6) is 0 Å². The van der Waals surface area contributed by atoms with E-state index in [9.17, 15) is 19.2 Å². The summed E-state index contributed by atoms with van der Waals surface area (Å²) < 4.78 is 11.2. The van der Waals surface area contributed by atoms with Crippen LogP contribution in [0.25, 0.3) is 11.2 Å². The minimum absolute atomic E-state index is 0.00660. The number of ether oxygens (including phenoxy) is 2. The normalized spacial score (nSPS) is 11.7. The van der Waals surface area contributed by atoms with Crippen LogP contribution < -0.4 is 21.9 Å². The lowest BCUT2D eigenvalue weighted by molar-refractivity contribution is -0.147. The number of carbonyl (C=O) groups excluding carboxylic acids is 3. The summed E-state index contributed by atoms with van der Waals surface area (Å²) in [4.78, 5) is 66.6. The first-order valence-electron chi connectivity index (χ1n) is 25.3. The van der Waals surface area contributed by atoms with Crippen molar-refractivity contribution < 1.29 is 23.9 Å². The molecule has 1 atom stereocenters. The molecule has 3 rings (SSSR count). The SMILES string of the molecule is CCCCCCCCCCCCCCCCOC(=O)CC[C@H](NC(=O)c1ccc(NCc2cnc3nc(N)[nH]c(=O)c3n2)cc1)C(=O)OCCCCCCCCCCCCCCCC. The third-order valence-corrected chi connectivity index (χ3v) is 11.8. The number of anilines is 2. The van der Waals surface area contributed by atoms with Crippen molar-refractivity contribution in [2.45, 2.75) is 219 Å². The standard InChI is InChI=1S/C51H83N7O6/c1-3-5-7-9-11-13-15-17-19-21-23-25-27-29-37-63-45(59)36-35-44(50(62)64-38-30-28-26-24-22-20-18-16-14-12-10-8-6-4-2)56-48(60)41-31-33-42(34-32-41)53-39-43-40-54-47-46(55-43)49(61)58-51(52)57-47/h31-34,40,44,53H,3-30,35-39H2,1-2H3,(H,56,60)(H3,52,54,57,58,61)/t44-/m0/s1. The highest BCUT2D eigenvalue weighted by Crippen LogP contribution is 2.16. The Hall–Kier alpha value is -4.55. The summed E-state index contributed by atoms with van der Waals surface area (Å²) in [6.45, 7) is 5.41. The van der Waals surface area contributed by atoms with Gasteiger partial charge in [-0.2, -0.15) is 4.98 Å². The fraction of sp³-hybridized carbons (Fsp3) is 0.706. The zero-order valence-corrected chi connectivity index (χ0v) is 39.7. The van der Waals surface area contributed by atoms with E-state index in [-0.39, 0.29) is 49.1 Å². The fourth-order valence-electron chi connectivity index (χ4n) is 7.87. The van der Waals surface area contributed by atoms with E-state index in [1.807, 2.05) is 0 Å². The van der Waals surface area contributed by atoms with Gasteiger partial charge in [0.25, 0.3) is 11.5 Å². The van der Waals surface area contributed by atoms with E-state index < -0.39 is 23.5 Å². The number of unbranched alkanes of at least 4 members (excludes halogenated alkanes) is 26. The molecule has 1 amide bonds. The second kappa shape index (κ2) is 34.8. The van der Waals surface area contributed by atoms with Crippen LogP contribution >= 0.6 is 0 Å². The van der Waals surface area contributed by atoms with Gasteiger partial charge in [0, 0.05) is 17.7 Å². The molecule has 0 unspecified atom stereocenters. The number of benzene rings is 1. The first-order chi connectivity index (χ1) is 31.3. The minimum atomic E-state index is -0.995. The molecule has 1 aromatic carbocycles. The smallest absolute Gasteiger partial charge is 0.328 e. The molecular weight excluding hydrogens is 807 g/mol. The van der Waals surface area contributed by atoms with Crippen LogP contribution in [0, 0.1) is 0 Å². The second-order valence-corrected chi connectivity index (χ2v) is 17.6. The van der Waals surface area contributed by atoms with Crippen molar-refractivity contribution in [2.24, 2.45) is 0 Å². The maximum atomic E-state index is 13.4. The number of fused-ring (bicyclic) bond motifs is 1. The van der Waals surface area contributed by atoms with E-state index >= 15 is 0 Å². The number of rotatable bonds is 39. The number of nitrogens with one attached hydrogen (secondary N) is 3. The molecule has 0 aliphatic heterocycles. The Morgan fingerprint density at radius 2 is 1.11 bits per heavy atom. The topological polar surface area (TPSA) is 191 Å². The number of hydrogen-bond donors (Lipinski definition) is 4. The highest BCUT2D eigenvalue weighted by Gasteiger charge is 2.24. The molecule has 358 valence electrons. The third kappa shape index (κ3) is 24.5. The Bertz CT molecular complexity index is 1770. The lowest BCUT2D eigenvalue weighted by Gasteiger charge is -2.18. The van der Waals surface area contributed by atoms with Crippen molar-refractivity contribution in [3.8, 4) is 0 Å². The van der Waals surface area contributed by atoms with Gasteiger partial charge in [0.05, 0.1) is 31.6 Å². The summed E-state index contributed by atoms with van der Waals surface area (Å²) >= 11 is 0. The Morgan fingerprint density at radius 1 is 0.641 bits per heavy atom. The van der Waals surface area contributed by atoms with Crippen molar-refractivity contribution >= 4 is 40.6 Å². The highest BCUT2D eigenvalue weighted by atomic mass is 16.5. The number of nitrogens with two attached hydrogens (primary N) is 1. The average molecular weight is 890 g/mol. The van der Waals surface area contributed by atoms with Crippen LogP contribution in [0.4, 0.5) is 11.6 Å². The van der Waals surface area contributed by atoms with Gasteiger partial charge in [-0.25, -0.2) is 14.8 Å². The number of aromatic amines is 1. The van der Waals surface area contributed by atoms with Crippen molar-refractivity contribution in [3.05, 3.63) is 52.1 Å². The molecule has 5 N–H and O–H groups in total. The van der Waals surface area contributed by atoms with Crippen molar-refractivity contribution in [1.82, 2.24) is 25.3 Å². The largest absolute Gasteiger partial charge is 0.466 e. The predicted octanol–water partition coefficient (Wildman–Crippen LogP) is 11.8. The molecule has 0 aliphatic carbocycles. The summed E-state index contributed by atoms with van der Waals surface area (Å²) in [6.07, 6.45) is 36.5. The van der Waals surface area contributed by atoms with Crippen LogP contribution in [0.3, 0.4) is 0 Å². The van der Waals surface area contributed by atoms with E-state index in [0.29, 0.717) is 23.6 Å². The molecule has 0 fully saturated rings. The molecule has 64 heavy (non-hydrogen) atoms. The lowest BCUT2D eigenvalue weighted by atomic mass is 10.0. The van der Waals surface area contributed by atoms with Gasteiger partial charge < -0.3 is 25.8 Å². The number of carbonyl (C=O) groups is 3. The molecular formula is C51H83N7O6. The van der Waals surface area contributed by atoms with Gasteiger partial charge in [-0.3, -0.25) is 19.4 Å². The Morgan fingerprint density at radius 3 is 1.61 bits per heavy atom. The molecule has 0 bridgehead atoms. The number of nitrogen functional groups attached to an aromatic ring is 1. The van der Waals surface area contributed by atoms with Crippen LogP contribution in [-0.2, 0) is 25.6 Å². The Labute approximate surface area is 384 Å². The van der Waals surface area contributed by atoms with Gasteiger partial charge in [0.15, 0.2) is 11.2 Å². The molecule has 0 saturated carbocycles. The Balaban J connectivity index is 1.38. The number of H-pyrrole nitrogens is 1. The average Bonchev–Trinajstić information content (AvgIpc) is 3.29. The van der Waals surface area contributed by atoms with Crippen molar-refractivity contribution in [3.63, 3.8) is 0 Å². The molecule has 0 saturated heterocycles. The molecule has 13 nitrogen and oxygen atoms in total. The van der Waals surface area contributed by atoms with Crippen LogP contribution in [0.15, 0.2) is 35.3 Å². The molecule has 0 radical (unpaired) electrons. The van der Waals surface area contributed by atoms with Crippen LogP contribution in [-0.4, -0.2) is 57.0 Å². The number of nitrogens with zero attached hydrogens (tertiary/aromatic N) is 3. The van der Waals surface area contributed by atoms with Crippen LogP contribution in [0.2, 0.25) is 0 Å². The van der Waals surface area contributed by atoms with Gasteiger partial charge in [-0.1, -0.05) is 181 Å². The van der Waals surface area contributed by atoms with Crippen LogP contribution in [0.1, 0.15) is 223 Å². The summed E-state index contributed by atoms with van der Waals surface area (Å²) in [7, 11) is 0. The van der Waals surface area contributed by atoms with Gasteiger partial charge in [-0.15, -0.1) is 0 Å². The molecule has 0 spiro atoms. The number of esters is 2. The minimum Gasteiger partial charge on any atom is -0.466 e. The van der Waals surface area contributed by atoms with E-state index in [0.717, 1.165) is 38.5 Å². The van der Waals surface area contributed by atoms with E-state index in [2.05, 4.69) is 44.4 Å². The maximum Gasteiger partial charge on any atom is 0.328 e. The Kier molecular flexibility index (Phi) is 29.3. The highest BCUT2D eigenvalue weighted by molar-refractivity contribution is 5.97. The summed E-state index contributed by atoms with van der Waals surface area (Å²) in [6, 6.07) is 5.75. The second-order valence-electron chi connectivity index (χ2n) is 17.6. The summed E-state index contributed by atoms with van der Waals surface area (Å²) in [5.74, 6) is -1.41. The zero-order chi connectivity index (χ0) is 45.9. The fourth-order valence-corrected chi connectivity index (χ4v) is 7.87. The molecule has 0 aliphatic rings. The molecule has 3 aromatic rings. The molecule has 2 heterocycles. The monoisotopic (exact) mass is 890 g/mol. The van der Waals surface area contributed by atoms with Gasteiger partial charge in [0.1, 0.15) is 6.04 Å². The lowest BCUT2D eigenvalue weighted by Crippen LogP contribution is -2.42. The van der Waals surface area contributed by atoms with Gasteiger partial charge in [0.2, 0.25) is 5.95 Å². The summed E-state index contributed by atoms with van der Waals surface area (Å²) in [5.41, 5.74) is 6.94. The quantitative estimate of drug-likeness (QED) is 0.0315. The first kappa shape index (κ1) is 53.8. The van der Waals surface area contributed by atoms with Gasteiger partial charge >= 0.3 is 11.9 Å². The third-order valence-electron chi connectivity index (χ3n) is 11.8. The van der Waals surface area contributed by atoms with E-state index in [1.54, 1.807) is 24.3 Å². The summed E-state index contributed by atoms with van der Waals surface area (Å²) in [5, 5.41) is 6.02. The maximum absolute atomic E-state index is 13.4. The first-order valence-corrected chi connectivity index (χ1v) is 25.3. The van der Waals surface area contributed by atoms with Gasteiger partial charge in [-0.05, 0) is 43.5 Å². The number of aromatic nitrogens is 4. The zero-order valence-electron chi connectivity index (χ0n) is 39.7. The number of hydrogen-bond acceptors (Lipinski definition) is 11. The van der Waals surface area contributed by atoms with E-state index in [4.69, 9.17) is 15.2 Å². The number of amides is 1. The van der Waals surface area contributed by atoms with Crippen molar-refractivity contribution in [2.75, 3.05) is 24.3 Å². The predicted molar refractivity (Wildman–Crippen MR) is 259 cm³/mol. The van der Waals surface area contributed by atoms with Crippen molar-refractivity contribution in [1.29, 1.82) is 0 Å². The molecule has 13 heteroatoms.